The summed E-state index contributed by atoms with van der Waals surface area (Å²) in [5.41, 5.74) is 0.0796. The molecule has 0 amide bonds. The number of nitrogens with zero attached hydrogens (tertiary/aromatic N) is 1. The molecule has 19 heavy (non-hydrogen) atoms. The van der Waals surface area contributed by atoms with E-state index in [4.69, 9.17) is 9.47 Å². The minimum absolute atomic E-state index is 0.224. The summed E-state index contributed by atoms with van der Waals surface area (Å²) in [6, 6.07) is 9.96. The molecule has 1 N–H and O–H groups in total. The summed E-state index contributed by atoms with van der Waals surface area (Å²) in [5.74, 6) is 0.813. The minimum atomic E-state index is -0.899. The van der Waals surface area contributed by atoms with E-state index in [0.29, 0.717) is 13.0 Å². The molecule has 3 rings (SSSR count). The molecule has 1 aromatic carbocycles. The second kappa shape index (κ2) is 4.84. The maximum atomic E-state index is 10.5. The Labute approximate surface area is 112 Å². The Kier molecular flexibility index (Phi) is 3.17. The molecule has 0 aliphatic carbocycles. The summed E-state index contributed by atoms with van der Waals surface area (Å²) in [6.07, 6.45) is 1.23. The van der Waals surface area contributed by atoms with Gasteiger partial charge in [0.05, 0.1) is 12.2 Å². The van der Waals surface area contributed by atoms with Gasteiger partial charge >= 0.3 is 0 Å². The smallest absolute Gasteiger partial charge is 0.124 e. The summed E-state index contributed by atoms with van der Waals surface area (Å²) >= 11 is 0. The fourth-order valence-corrected chi connectivity index (χ4v) is 2.92. The van der Waals surface area contributed by atoms with Gasteiger partial charge in [0, 0.05) is 13.0 Å². The van der Waals surface area contributed by atoms with Crippen molar-refractivity contribution in [1.29, 1.82) is 5.26 Å². The molecular weight excluding hydrogens is 242 g/mol. The van der Waals surface area contributed by atoms with Gasteiger partial charge in [-0.2, -0.15) is 5.26 Å². The predicted octanol–water partition coefficient (Wildman–Crippen LogP) is 1.67. The van der Waals surface area contributed by atoms with Crippen LogP contribution in [0.4, 0.5) is 0 Å². The minimum Gasteiger partial charge on any atom is -0.492 e. The molecule has 0 spiro atoms. The quantitative estimate of drug-likeness (QED) is 0.877. The number of benzene rings is 1. The third-order valence-electron chi connectivity index (χ3n) is 4.07. The third-order valence-corrected chi connectivity index (χ3v) is 4.07. The van der Waals surface area contributed by atoms with Gasteiger partial charge in [-0.05, 0) is 24.5 Å². The van der Waals surface area contributed by atoms with Crippen LogP contribution in [-0.4, -0.2) is 30.5 Å². The van der Waals surface area contributed by atoms with Gasteiger partial charge in [-0.25, -0.2) is 0 Å². The van der Waals surface area contributed by atoms with Crippen molar-refractivity contribution in [3.63, 3.8) is 0 Å². The van der Waals surface area contributed by atoms with Crippen LogP contribution in [0.3, 0.4) is 0 Å². The number of hydrogen-bond acceptors (Lipinski definition) is 4. The van der Waals surface area contributed by atoms with E-state index in [1.807, 2.05) is 24.3 Å². The summed E-state index contributed by atoms with van der Waals surface area (Å²) in [5, 5.41) is 20.1. The van der Waals surface area contributed by atoms with E-state index in [1.54, 1.807) is 0 Å². The summed E-state index contributed by atoms with van der Waals surface area (Å²) in [6.45, 7) is 0.891. The molecule has 1 aromatic rings. The number of fused-ring (bicyclic) bond motifs is 1. The van der Waals surface area contributed by atoms with Crippen LogP contribution in [-0.2, 0) is 11.2 Å². The number of ether oxygens (including phenoxy) is 2. The lowest BCUT2D eigenvalue weighted by molar-refractivity contribution is -0.0715. The molecule has 2 aliphatic rings. The Morgan fingerprint density at radius 2 is 2.26 bits per heavy atom. The fraction of sp³-hybridized carbons (Fsp3) is 0.533. The van der Waals surface area contributed by atoms with Crippen LogP contribution in [0, 0.1) is 16.7 Å². The lowest BCUT2D eigenvalue weighted by atomic mass is 9.74. The van der Waals surface area contributed by atoms with Crippen molar-refractivity contribution in [3.05, 3.63) is 29.8 Å². The Morgan fingerprint density at radius 1 is 1.42 bits per heavy atom. The molecule has 2 heterocycles. The first-order chi connectivity index (χ1) is 9.25. The van der Waals surface area contributed by atoms with Crippen molar-refractivity contribution in [3.8, 4) is 11.8 Å². The average Bonchev–Trinajstić information content (AvgIpc) is 3.00. The topological polar surface area (TPSA) is 62.5 Å². The van der Waals surface area contributed by atoms with Crippen molar-refractivity contribution in [2.45, 2.75) is 31.5 Å². The van der Waals surface area contributed by atoms with Crippen LogP contribution < -0.4 is 4.74 Å². The van der Waals surface area contributed by atoms with Gasteiger partial charge < -0.3 is 14.6 Å². The van der Waals surface area contributed by atoms with Crippen LogP contribution >= 0.6 is 0 Å². The van der Waals surface area contributed by atoms with E-state index in [2.05, 4.69) is 6.07 Å². The summed E-state index contributed by atoms with van der Waals surface area (Å²) < 4.78 is 11.2. The molecule has 0 saturated carbocycles. The first kappa shape index (κ1) is 12.5. The maximum absolute atomic E-state index is 10.5. The zero-order valence-electron chi connectivity index (χ0n) is 10.7. The molecule has 3 atom stereocenters. The lowest BCUT2D eigenvalue weighted by Crippen LogP contribution is -2.49. The molecule has 100 valence electrons. The monoisotopic (exact) mass is 259 g/mol. The molecule has 0 aromatic heterocycles. The number of nitriles is 1. The highest BCUT2D eigenvalue weighted by molar-refractivity contribution is 5.38. The van der Waals surface area contributed by atoms with E-state index in [1.165, 1.54) is 0 Å². The van der Waals surface area contributed by atoms with Gasteiger partial charge in [0.25, 0.3) is 0 Å². The van der Waals surface area contributed by atoms with Crippen molar-refractivity contribution in [2.24, 2.45) is 5.41 Å². The van der Waals surface area contributed by atoms with Gasteiger partial charge in [0.2, 0.25) is 0 Å². The Balaban J connectivity index is 1.87. The molecule has 4 nitrogen and oxygen atoms in total. The first-order valence-corrected chi connectivity index (χ1v) is 6.67. The first-order valence-electron chi connectivity index (χ1n) is 6.67. The number of hydrogen-bond donors (Lipinski definition) is 1. The molecule has 4 heteroatoms. The standard InChI is InChI=1S/C15H17NO3/c16-9-15(14(17)13-6-3-7-18-13)8-11-4-1-2-5-12(11)19-10-15/h1-2,4-5,13-14,17H,3,6-8,10H2. The second-order valence-corrected chi connectivity index (χ2v) is 5.34. The highest BCUT2D eigenvalue weighted by Crippen LogP contribution is 2.39. The van der Waals surface area contributed by atoms with Crippen molar-refractivity contribution in [1.82, 2.24) is 0 Å². The Bertz CT molecular complexity index is 504. The fourth-order valence-electron chi connectivity index (χ4n) is 2.92. The molecule has 0 radical (unpaired) electrons. The van der Waals surface area contributed by atoms with Gasteiger partial charge in [-0.3, -0.25) is 0 Å². The predicted molar refractivity (Wildman–Crippen MR) is 68.7 cm³/mol. The van der Waals surface area contributed by atoms with Gasteiger partial charge in [-0.15, -0.1) is 0 Å². The second-order valence-electron chi connectivity index (χ2n) is 5.34. The van der Waals surface area contributed by atoms with Crippen LogP contribution in [0.15, 0.2) is 24.3 Å². The van der Waals surface area contributed by atoms with Crippen molar-refractivity contribution < 1.29 is 14.6 Å². The maximum Gasteiger partial charge on any atom is 0.124 e. The highest BCUT2D eigenvalue weighted by Gasteiger charge is 2.47. The van der Waals surface area contributed by atoms with Gasteiger partial charge in [-0.1, -0.05) is 18.2 Å². The molecule has 3 unspecified atom stereocenters. The number of rotatable bonds is 2. The van der Waals surface area contributed by atoms with E-state index < -0.39 is 11.5 Å². The lowest BCUT2D eigenvalue weighted by Gasteiger charge is -2.37. The summed E-state index contributed by atoms with van der Waals surface area (Å²) in [4.78, 5) is 0. The van der Waals surface area contributed by atoms with Gasteiger partial charge in [0.1, 0.15) is 23.9 Å². The van der Waals surface area contributed by atoms with Crippen LogP contribution in [0.2, 0.25) is 0 Å². The van der Waals surface area contributed by atoms with Crippen LogP contribution in [0.1, 0.15) is 18.4 Å². The average molecular weight is 259 g/mol. The van der Waals surface area contributed by atoms with E-state index in [9.17, 15) is 10.4 Å². The summed E-state index contributed by atoms with van der Waals surface area (Å²) in [7, 11) is 0. The zero-order valence-corrected chi connectivity index (χ0v) is 10.7. The van der Waals surface area contributed by atoms with Crippen molar-refractivity contribution in [2.75, 3.05) is 13.2 Å². The van der Waals surface area contributed by atoms with Crippen LogP contribution in [0.5, 0.6) is 5.75 Å². The highest BCUT2D eigenvalue weighted by atomic mass is 16.5. The normalized spacial score (nSPS) is 31.1. The third kappa shape index (κ3) is 2.09. The molecule has 1 fully saturated rings. The van der Waals surface area contributed by atoms with E-state index in [0.717, 1.165) is 24.2 Å². The molecule has 1 saturated heterocycles. The van der Waals surface area contributed by atoms with Crippen LogP contribution in [0.25, 0.3) is 0 Å². The molecular formula is C15H17NO3. The van der Waals surface area contributed by atoms with E-state index in [-0.39, 0.29) is 12.7 Å². The molecule has 0 bridgehead atoms. The largest absolute Gasteiger partial charge is 0.492 e. The zero-order chi connectivity index (χ0) is 13.3. The number of aliphatic hydroxyl groups excluding tert-OH is 1. The number of para-hydroxylation sites is 1. The molecule has 2 aliphatic heterocycles. The Morgan fingerprint density at radius 3 is 3.00 bits per heavy atom. The van der Waals surface area contributed by atoms with E-state index >= 15 is 0 Å². The SMILES string of the molecule is N#CC1(C(O)C2CCCO2)COc2ccccc2C1. The van der Waals surface area contributed by atoms with Gasteiger partial charge in [0.15, 0.2) is 0 Å². The number of aliphatic hydroxyl groups is 1. The Hall–Kier alpha value is -1.57. The van der Waals surface area contributed by atoms with Crippen molar-refractivity contribution >= 4 is 0 Å².